The van der Waals surface area contributed by atoms with Crippen molar-refractivity contribution in [1.82, 2.24) is 9.97 Å². The first kappa shape index (κ1) is 42.3. The second-order valence-electron chi connectivity index (χ2n) is 15.1. The van der Waals surface area contributed by atoms with E-state index in [9.17, 15) is 5.11 Å². The molecule has 65 heavy (non-hydrogen) atoms. The van der Waals surface area contributed by atoms with Crippen LogP contribution in [0.2, 0.25) is 0 Å². The van der Waals surface area contributed by atoms with Gasteiger partial charge in [0.05, 0.1) is 22.7 Å². The molecule has 6 nitrogen and oxygen atoms in total. The number of phenolic OH excluding ortho intramolecular Hbond substituents is 1. The molecular weight excluding hydrogens is 978 g/mol. The van der Waals surface area contributed by atoms with Gasteiger partial charge in [0.1, 0.15) is 17.4 Å². The molecule has 0 aliphatic carbocycles. The third-order valence-corrected chi connectivity index (χ3v) is 11.1. The third-order valence-electron chi connectivity index (χ3n) is 11.1. The molecule has 0 spiro atoms. The van der Waals surface area contributed by atoms with Crippen molar-refractivity contribution in [1.29, 1.82) is 0 Å². The van der Waals surface area contributed by atoms with Gasteiger partial charge in [-0.3, -0.25) is 4.90 Å². The number of rotatable bonds is 12. The average molecular weight is 1020 g/mol. The molecule has 316 valence electrons. The van der Waals surface area contributed by atoms with Gasteiger partial charge in [-0.2, -0.15) is 0 Å². The summed E-state index contributed by atoms with van der Waals surface area (Å²) in [4.78, 5) is 16.9. The largest absolute Gasteiger partial charge is 0.506 e. The molecule has 0 aliphatic rings. The monoisotopic (exact) mass is 1020 g/mol. The van der Waals surface area contributed by atoms with Gasteiger partial charge in [-0.25, -0.2) is 4.98 Å². The van der Waals surface area contributed by atoms with Crippen molar-refractivity contribution in [3.8, 4) is 39.3 Å². The Morgan fingerprint density at radius 2 is 0.862 bits per heavy atom. The van der Waals surface area contributed by atoms with Gasteiger partial charge in [0.15, 0.2) is 0 Å². The van der Waals surface area contributed by atoms with Crippen molar-refractivity contribution >= 4 is 51.4 Å². The summed E-state index contributed by atoms with van der Waals surface area (Å²) >= 11 is 0. The molecule has 0 radical (unpaired) electrons. The van der Waals surface area contributed by atoms with Gasteiger partial charge in [-0.05, 0) is 77.1 Å². The van der Waals surface area contributed by atoms with Gasteiger partial charge in [0.2, 0.25) is 0 Å². The molecule has 0 amide bonds. The number of aromatic nitrogens is 2. The number of pyridine rings is 2. The van der Waals surface area contributed by atoms with Crippen LogP contribution in [0.3, 0.4) is 0 Å². The topological polar surface area (TPSA) is 55.7 Å². The molecule has 0 saturated heterocycles. The predicted octanol–water partition coefficient (Wildman–Crippen LogP) is 15.4. The van der Waals surface area contributed by atoms with Crippen molar-refractivity contribution in [3.05, 3.63) is 255 Å². The Morgan fingerprint density at radius 3 is 1.42 bits per heavy atom. The zero-order valence-electron chi connectivity index (χ0n) is 35.2. The summed E-state index contributed by atoms with van der Waals surface area (Å²) in [5.41, 5.74) is 11.6. The number of hydrogen-bond donors (Lipinski definition) is 1. The molecular formula is C58H42N5OPt-. The molecule has 2 heterocycles. The van der Waals surface area contributed by atoms with Gasteiger partial charge in [0.25, 0.3) is 0 Å². The van der Waals surface area contributed by atoms with Crippen molar-refractivity contribution in [2.75, 3.05) is 14.7 Å². The Kier molecular flexibility index (Phi) is 12.7. The van der Waals surface area contributed by atoms with Crippen LogP contribution < -0.4 is 14.7 Å². The number of hydrogen-bond acceptors (Lipinski definition) is 6. The van der Waals surface area contributed by atoms with Crippen LogP contribution in [0.5, 0.6) is 5.75 Å². The molecule has 10 aromatic rings. The fraction of sp³-hybridized carbons (Fsp3) is 0. The zero-order valence-corrected chi connectivity index (χ0v) is 37.4. The number of anilines is 9. The van der Waals surface area contributed by atoms with Gasteiger partial charge in [-0.15, -0.1) is 29.8 Å². The number of benzene rings is 8. The van der Waals surface area contributed by atoms with E-state index >= 15 is 0 Å². The second kappa shape index (κ2) is 19.6. The molecule has 1 N–H and O–H groups in total. The SMILES string of the molecule is Oc1ccccc1N(c1cc(N(c2ccccc2)c2ccccc2)cc(N(c2[c-]c(-c3ccccn3)ccc2)c2ccccc2-c2ccccc2)n1)c1ccccc1-c1ccccc1.[Pt]. The molecule has 0 aliphatic heterocycles. The molecule has 0 bridgehead atoms. The molecule has 10 rings (SSSR count). The summed E-state index contributed by atoms with van der Waals surface area (Å²) in [6.07, 6.45) is 1.80. The van der Waals surface area contributed by atoms with Crippen LogP contribution in [0.25, 0.3) is 33.5 Å². The summed E-state index contributed by atoms with van der Waals surface area (Å²) in [6, 6.07) is 85.7. The van der Waals surface area contributed by atoms with E-state index in [2.05, 4.69) is 160 Å². The van der Waals surface area contributed by atoms with Crippen LogP contribution in [0, 0.1) is 6.07 Å². The maximum Gasteiger partial charge on any atom is 0.142 e. The molecule has 0 unspecified atom stereocenters. The Labute approximate surface area is 394 Å². The van der Waals surface area contributed by atoms with E-state index in [1.807, 2.05) is 97.1 Å². The van der Waals surface area contributed by atoms with E-state index < -0.39 is 0 Å². The average Bonchev–Trinajstić information content (AvgIpc) is 3.37. The van der Waals surface area contributed by atoms with Gasteiger partial charge in [-0.1, -0.05) is 158 Å². The van der Waals surface area contributed by atoms with Gasteiger partial charge < -0.3 is 19.9 Å². The smallest absolute Gasteiger partial charge is 0.142 e. The van der Waals surface area contributed by atoms with Crippen LogP contribution in [-0.4, -0.2) is 15.1 Å². The minimum atomic E-state index is 0. The number of phenols is 1. The van der Waals surface area contributed by atoms with E-state index in [-0.39, 0.29) is 26.8 Å². The van der Waals surface area contributed by atoms with Crippen molar-refractivity contribution < 1.29 is 26.2 Å². The maximum absolute atomic E-state index is 11.8. The summed E-state index contributed by atoms with van der Waals surface area (Å²) in [5, 5.41) is 11.8. The van der Waals surface area contributed by atoms with Crippen LogP contribution in [0.1, 0.15) is 0 Å². The minimum Gasteiger partial charge on any atom is -0.506 e. The Morgan fingerprint density at radius 1 is 0.385 bits per heavy atom. The first-order chi connectivity index (χ1) is 31.7. The Hall–Kier alpha value is -8.05. The number of aromatic hydroxyl groups is 1. The summed E-state index contributed by atoms with van der Waals surface area (Å²) in [7, 11) is 0. The van der Waals surface area contributed by atoms with Crippen molar-refractivity contribution in [3.63, 3.8) is 0 Å². The molecule has 8 aromatic carbocycles. The first-order valence-electron chi connectivity index (χ1n) is 21.2. The summed E-state index contributed by atoms with van der Waals surface area (Å²) < 4.78 is 0. The standard InChI is InChI=1S/C58H42N5O.Pt/c64-56-38-18-17-37-55(56)63(54-36-16-14-33-51(54)44-24-7-2-8-25-44)58-42-49(61(46-27-9-3-10-28-46)47-29-11-4-12-30-47)41-57(60-58)62(48-31-21-26-45(40-48)52-34-19-20-39-59-52)53-35-15-13-32-50(53)43-22-5-1-6-23-43;/h1-39,41-42,64H;/q-1;. The molecule has 0 atom stereocenters. The zero-order chi connectivity index (χ0) is 43.1. The summed E-state index contributed by atoms with van der Waals surface area (Å²) in [5.74, 6) is 1.32. The van der Waals surface area contributed by atoms with Crippen LogP contribution in [0.4, 0.5) is 51.4 Å². The van der Waals surface area contributed by atoms with E-state index in [1.165, 1.54) is 0 Å². The Balaban J connectivity index is 0.00000533. The normalized spacial score (nSPS) is 10.7. The predicted molar refractivity (Wildman–Crippen MR) is 263 cm³/mol. The maximum atomic E-state index is 11.8. The molecule has 7 heteroatoms. The second-order valence-corrected chi connectivity index (χ2v) is 15.1. The number of para-hydroxylation sites is 6. The third kappa shape index (κ3) is 8.94. The van der Waals surface area contributed by atoms with E-state index in [4.69, 9.17) is 9.97 Å². The number of nitrogens with zero attached hydrogens (tertiary/aromatic N) is 5. The van der Waals surface area contributed by atoms with E-state index in [1.54, 1.807) is 12.3 Å². The molecule has 0 fully saturated rings. The van der Waals surface area contributed by atoms with Gasteiger partial charge in [0, 0.05) is 61.9 Å². The van der Waals surface area contributed by atoms with Crippen LogP contribution in [0.15, 0.2) is 249 Å². The van der Waals surface area contributed by atoms with Crippen molar-refractivity contribution in [2.45, 2.75) is 0 Å². The molecule has 0 saturated carbocycles. The van der Waals surface area contributed by atoms with E-state index in [0.29, 0.717) is 17.3 Å². The Bertz CT molecular complexity index is 3100. The fourth-order valence-electron chi connectivity index (χ4n) is 8.17. The molecule has 2 aromatic heterocycles. The first-order valence-corrected chi connectivity index (χ1v) is 21.2. The van der Waals surface area contributed by atoms with Crippen molar-refractivity contribution in [2.24, 2.45) is 0 Å². The summed E-state index contributed by atoms with van der Waals surface area (Å²) in [6.45, 7) is 0. The van der Waals surface area contributed by atoms with Gasteiger partial charge >= 0.3 is 0 Å². The fourth-order valence-corrected chi connectivity index (χ4v) is 8.17. The minimum absolute atomic E-state index is 0. The van der Waals surface area contributed by atoms with Crippen LogP contribution in [-0.2, 0) is 21.1 Å². The quantitative estimate of drug-likeness (QED) is 0.123. The van der Waals surface area contributed by atoms with Crippen LogP contribution >= 0.6 is 0 Å². The van der Waals surface area contributed by atoms with E-state index in [0.717, 1.165) is 67.6 Å².